The molecule has 0 spiro atoms. The average molecular weight is 578 g/mol. The fraction of sp³-hybridized carbons (Fsp3) is 0.417. The van der Waals surface area contributed by atoms with Crippen LogP contribution in [0.15, 0.2) is 30.7 Å². The number of fused-ring (bicyclic) bond motifs is 1. The van der Waals surface area contributed by atoms with Crippen molar-refractivity contribution in [3.8, 4) is 0 Å². The van der Waals surface area contributed by atoms with E-state index in [1.54, 1.807) is 17.0 Å². The summed E-state index contributed by atoms with van der Waals surface area (Å²) < 4.78 is 5.68. The second kappa shape index (κ2) is 13.6. The van der Waals surface area contributed by atoms with Gasteiger partial charge >= 0.3 is 18.0 Å². The Labute approximate surface area is 233 Å². The normalized spacial score (nSPS) is 17.3. The fourth-order valence-electron chi connectivity index (χ4n) is 3.81. The molecule has 0 aromatic carbocycles. The van der Waals surface area contributed by atoms with Gasteiger partial charge in [-0.1, -0.05) is 11.6 Å². The number of hydrogen-bond donors (Lipinski definition) is 3. The third-order valence-electron chi connectivity index (χ3n) is 5.87. The maximum atomic E-state index is 12.8. The second-order valence-electron chi connectivity index (χ2n) is 8.85. The number of aliphatic carboxylic acids is 2. The Hall–Kier alpha value is -4.37. The summed E-state index contributed by atoms with van der Waals surface area (Å²) >= 11 is 5.89. The number of nitrogens with one attached hydrogen (secondary N) is 1. The minimum Gasteiger partial charge on any atom is -0.481 e. The minimum absolute atomic E-state index is 0.107. The van der Waals surface area contributed by atoms with Crippen molar-refractivity contribution >= 4 is 47.3 Å². The second-order valence-corrected chi connectivity index (χ2v) is 9.29. The highest BCUT2D eigenvalue weighted by molar-refractivity contribution is 6.30. The summed E-state index contributed by atoms with van der Waals surface area (Å²) in [5.74, 6) is -2.92. The molecule has 2 aliphatic rings. The molecule has 15 nitrogen and oxygen atoms in total. The Kier molecular flexibility index (Phi) is 10.3. The van der Waals surface area contributed by atoms with Crippen molar-refractivity contribution in [3.05, 3.63) is 47.1 Å². The fourth-order valence-corrected chi connectivity index (χ4v) is 3.92. The molecule has 1 saturated heterocycles. The van der Waals surface area contributed by atoms with Crippen LogP contribution >= 0.6 is 11.6 Å². The molecule has 0 radical (unpaired) electrons. The zero-order chi connectivity index (χ0) is 29.4. The number of carboxylic acid groups (broad SMARTS) is 2. The molecule has 4 rings (SSSR count). The van der Waals surface area contributed by atoms with Crippen molar-refractivity contribution in [3.63, 3.8) is 0 Å². The summed E-state index contributed by atoms with van der Waals surface area (Å²) in [7, 11) is 2.00. The van der Waals surface area contributed by atoms with Crippen LogP contribution in [-0.2, 0) is 19.1 Å². The lowest BCUT2D eigenvalue weighted by Gasteiger charge is -2.33. The van der Waals surface area contributed by atoms with Gasteiger partial charge in [-0.3, -0.25) is 19.4 Å². The van der Waals surface area contributed by atoms with Crippen LogP contribution < -0.4 is 10.2 Å². The zero-order valence-corrected chi connectivity index (χ0v) is 22.4. The van der Waals surface area contributed by atoms with Gasteiger partial charge in [-0.15, -0.1) is 0 Å². The Morgan fingerprint density at radius 1 is 1.10 bits per heavy atom. The molecule has 2 aromatic rings. The van der Waals surface area contributed by atoms with E-state index in [4.69, 9.17) is 26.6 Å². The summed E-state index contributed by atoms with van der Waals surface area (Å²) in [6.07, 6.45) is 2.39. The van der Waals surface area contributed by atoms with Crippen LogP contribution in [0.25, 0.3) is 0 Å². The number of pyridine rings is 1. The topological polar surface area (TPSA) is 195 Å². The van der Waals surface area contributed by atoms with Crippen LogP contribution in [0.5, 0.6) is 0 Å². The number of piperazine rings is 1. The molecule has 2 aliphatic heterocycles. The van der Waals surface area contributed by atoms with Gasteiger partial charge in [0, 0.05) is 58.1 Å². The number of amides is 3. The van der Waals surface area contributed by atoms with E-state index >= 15 is 0 Å². The Morgan fingerprint density at radius 3 is 2.35 bits per heavy atom. The first kappa shape index (κ1) is 30.2. The average Bonchev–Trinajstić information content (AvgIpc) is 3.18. The molecule has 4 heterocycles. The summed E-state index contributed by atoms with van der Waals surface area (Å²) in [5, 5.41) is 19.4. The number of carbonyl (C=O) groups excluding carboxylic acids is 3. The van der Waals surface area contributed by atoms with Gasteiger partial charge in [-0.25, -0.2) is 24.5 Å². The molecule has 0 saturated carbocycles. The summed E-state index contributed by atoms with van der Waals surface area (Å²) in [6.45, 7) is 3.82. The highest BCUT2D eigenvalue weighted by Gasteiger charge is 2.44. The lowest BCUT2D eigenvalue weighted by Crippen LogP contribution is -2.48. The number of ether oxygens (including phenoxy) is 1. The first-order chi connectivity index (χ1) is 19.0. The lowest BCUT2D eigenvalue weighted by molar-refractivity contribution is -0.142. The van der Waals surface area contributed by atoms with E-state index in [2.05, 4.69) is 25.2 Å². The maximum Gasteiger partial charge on any atom is 0.412 e. The summed E-state index contributed by atoms with van der Waals surface area (Å²) in [5.41, 5.74) is 0.437. The number of hydrogen-bond acceptors (Lipinski definition) is 10. The van der Waals surface area contributed by atoms with E-state index in [-0.39, 0.29) is 18.5 Å². The van der Waals surface area contributed by atoms with Crippen molar-refractivity contribution in [1.82, 2.24) is 30.1 Å². The predicted molar refractivity (Wildman–Crippen MR) is 138 cm³/mol. The standard InChI is InChI=1S/C17H17ClN6O3.C7H11NO5/c1-22-6-8-23(9-7-22)17(26)27-16-14-13(19-4-5-20-14)15(25)24(16)12-3-2-11(18)10-21-12;1-4(9)8-5(7(12)13)2-3-6(10)11/h2-5,10,16H,6-9H2,1H3;5H,2-3H2,1H3,(H,8,9)(H,10,11)(H,12,13)/t16-;5-/m10/s1. The molecule has 2 aromatic heterocycles. The number of anilines is 1. The molecular formula is C24H28ClN7O8. The van der Waals surface area contributed by atoms with E-state index in [9.17, 15) is 24.0 Å². The minimum atomic E-state index is -1.23. The van der Waals surface area contributed by atoms with Crippen LogP contribution in [0.2, 0.25) is 5.02 Å². The van der Waals surface area contributed by atoms with Crippen LogP contribution in [0.3, 0.4) is 0 Å². The number of nitrogens with zero attached hydrogens (tertiary/aromatic N) is 6. The first-order valence-corrected chi connectivity index (χ1v) is 12.5. The first-order valence-electron chi connectivity index (χ1n) is 12.1. The molecule has 3 N–H and O–H groups in total. The summed E-state index contributed by atoms with van der Waals surface area (Å²) in [4.78, 5) is 74.0. The van der Waals surface area contributed by atoms with E-state index < -0.39 is 42.1 Å². The molecule has 0 bridgehead atoms. The highest BCUT2D eigenvalue weighted by Crippen LogP contribution is 2.35. The Morgan fingerprint density at radius 2 is 1.77 bits per heavy atom. The van der Waals surface area contributed by atoms with Crippen LogP contribution in [0, 0.1) is 0 Å². The Balaban J connectivity index is 0.000000289. The van der Waals surface area contributed by atoms with Gasteiger partial charge in [0.25, 0.3) is 5.91 Å². The van der Waals surface area contributed by atoms with Gasteiger partial charge in [0.2, 0.25) is 12.1 Å². The zero-order valence-electron chi connectivity index (χ0n) is 21.7. The van der Waals surface area contributed by atoms with Crippen molar-refractivity contribution in [1.29, 1.82) is 0 Å². The van der Waals surface area contributed by atoms with Gasteiger partial charge in [0.05, 0.1) is 5.02 Å². The number of carboxylic acids is 2. The van der Waals surface area contributed by atoms with Crippen molar-refractivity contribution < 1.29 is 38.9 Å². The number of carbonyl (C=O) groups is 5. The van der Waals surface area contributed by atoms with Gasteiger partial charge in [-0.2, -0.15) is 0 Å². The summed E-state index contributed by atoms with van der Waals surface area (Å²) in [6, 6.07) is 2.08. The number of aromatic nitrogens is 3. The Bertz CT molecular complexity index is 1250. The van der Waals surface area contributed by atoms with E-state index in [0.717, 1.165) is 13.1 Å². The van der Waals surface area contributed by atoms with Crippen LogP contribution in [0.1, 0.15) is 42.2 Å². The molecule has 1 fully saturated rings. The van der Waals surface area contributed by atoms with Crippen LogP contribution in [-0.4, -0.2) is 104 Å². The molecule has 0 aliphatic carbocycles. The number of likely N-dealkylation sites (N-methyl/N-ethyl adjacent to an activating group) is 1. The van der Waals surface area contributed by atoms with Crippen molar-refractivity contribution in [2.75, 3.05) is 38.1 Å². The largest absolute Gasteiger partial charge is 0.481 e. The monoisotopic (exact) mass is 577 g/mol. The molecule has 16 heteroatoms. The van der Waals surface area contributed by atoms with Gasteiger partial charge in [-0.05, 0) is 25.6 Å². The maximum absolute atomic E-state index is 12.8. The molecule has 214 valence electrons. The predicted octanol–water partition coefficient (Wildman–Crippen LogP) is 1.01. The number of rotatable bonds is 7. The highest BCUT2D eigenvalue weighted by atomic mass is 35.5. The molecule has 0 unspecified atom stereocenters. The van der Waals surface area contributed by atoms with E-state index in [1.165, 1.54) is 30.4 Å². The van der Waals surface area contributed by atoms with Crippen molar-refractivity contribution in [2.24, 2.45) is 0 Å². The van der Waals surface area contributed by atoms with Gasteiger partial charge in [0.1, 0.15) is 17.6 Å². The van der Waals surface area contributed by atoms with E-state index in [0.29, 0.717) is 29.6 Å². The van der Waals surface area contributed by atoms with E-state index in [1.807, 2.05) is 7.05 Å². The van der Waals surface area contributed by atoms with Gasteiger partial charge in [0.15, 0.2) is 5.69 Å². The van der Waals surface area contributed by atoms with Crippen LogP contribution in [0.4, 0.5) is 10.6 Å². The lowest BCUT2D eigenvalue weighted by atomic mass is 10.1. The van der Waals surface area contributed by atoms with Crippen molar-refractivity contribution in [2.45, 2.75) is 32.0 Å². The SMILES string of the molecule is CC(=O)N[C@@H](CCC(=O)O)C(=O)O.CN1CCN(C(=O)O[C@@H]2c3nccnc3C(=O)N2c2ccc(Cl)cn2)CC1. The quantitative estimate of drug-likeness (QED) is 0.423. The molecular weight excluding hydrogens is 550 g/mol. The third-order valence-corrected chi connectivity index (χ3v) is 6.09. The van der Waals surface area contributed by atoms with Gasteiger partial charge < -0.3 is 30.1 Å². The molecule has 2 atom stereocenters. The number of halogens is 1. The molecule has 40 heavy (non-hydrogen) atoms. The smallest absolute Gasteiger partial charge is 0.412 e. The third kappa shape index (κ3) is 7.83. The molecule has 3 amide bonds.